The molecule has 0 aromatic heterocycles. The molecule has 0 aliphatic rings. The molecule has 0 heterocycles. The third-order valence-corrected chi connectivity index (χ3v) is 1.73. The highest BCUT2D eigenvalue weighted by atomic mass is 16.5. The Kier molecular flexibility index (Phi) is 4.11. The lowest BCUT2D eigenvalue weighted by atomic mass is 10.2. The van der Waals surface area contributed by atoms with Gasteiger partial charge in [0.2, 0.25) is 0 Å². The van der Waals surface area contributed by atoms with E-state index in [0.717, 1.165) is 11.4 Å². The maximum Gasteiger partial charge on any atom is 0.143 e. The number of anilines is 2. The fourth-order valence-electron chi connectivity index (χ4n) is 0.978. The van der Waals surface area contributed by atoms with Crippen LogP contribution in [0.25, 0.3) is 0 Å². The average molecular weight is 182 g/mol. The van der Waals surface area contributed by atoms with E-state index in [9.17, 15) is 0 Å². The van der Waals surface area contributed by atoms with Crippen LogP contribution in [0.4, 0.5) is 11.4 Å². The molecule has 0 bridgehead atoms. The van der Waals surface area contributed by atoms with Crippen LogP contribution < -0.4 is 15.4 Å². The topological polar surface area (TPSA) is 38.5 Å². The van der Waals surface area contributed by atoms with E-state index < -0.39 is 0 Å². The molecule has 0 atom stereocenters. The molecule has 0 saturated heterocycles. The van der Waals surface area contributed by atoms with Crippen molar-refractivity contribution in [2.45, 2.75) is 7.43 Å². The van der Waals surface area contributed by atoms with E-state index >= 15 is 0 Å². The van der Waals surface area contributed by atoms with Gasteiger partial charge < -0.3 is 15.4 Å². The van der Waals surface area contributed by atoms with Crippen LogP contribution in [0.5, 0.6) is 5.75 Å². The van der Waals surface area contributed by atoms with E-state index in [4.69, 9.17) is 10.5 Å². The third kappa shape index (κ3) is 2.54. The molecular formula is C10H18N2O. The molecule has 0 saturated carbocycles. The fraction of sp³-hybridized carbons (Fsp3) is 0.400. The summed E-state index contributed by atoms with van der Waals surface area (Å²) in [7, 11) is 5.57. The standard InChI is InChI=1S/C9H14N2O.CH4/c1-11(2)7-4-5-8(10)9(6-7)12-3;/h4-6H,10H2,1-3H3;1H4. The molecule has 0 aliphatic heterocycles. The van der Waals surface area contributed by atoms with Crippen molar-refractivity contribution in [3.63, 3.8) is 0 Å². The summed E-state index contributed by atoms with van der Waals surface area (Å²) in [6.07, 6.45) is 0. The van der Waals surface area contributed by atoms with Crippen molar-refractivity contribution < 1.29 is 4.74 Å². The lowest BCUT2D eigenvalue weighted by Crippen LogP contribution is -2.08. The SMILES string of the molecule is C.COc1cc(N(C)C)ccc1N. The van der Waals surface area contributed by atoms with Crippen LogP contribution in [0, 0.1) is 0 Å². The van der Waals surface area contributed by atoms with E-state index in [0.29, 0.717) is 5.69 Å². The highest BCUT2D eigenvalue weighted by Crippen LogP contribution is 2.25. The van der Waals surface area contributed by atoms with E-state index in [1.807, 2.05) is 37.2 Å². The van der Waals surface area contributed by atoms with E-state index in [1.54, 1.807) is 7.11 Å². The highest BCUT2D eigenvalue weighted by Gasteiger charge is 2.01. The molecular weight excluding hydrogens is 164 g/mol. The first-order chi connectivity index (χ1) is 5.65. The summed E-state index contributed by atoms with van der Waals surface area (Å²) in [4.78, 5) is 2.00. The molecule has 2 N–H and O–H groups in total. The van der Waals surface area contributed by atoms with Crippen LogP contribution in [0.1, 0.15) is 7.43 Å². The molecule has 0 amide bonds. The first-order valence-corrected chi connectivity index (χ1v) is 3.76. The Balaban J connectivity index is 0.00000144. The summed E-state index contributed by atoms with van der Waals surface area (Å²) in [5, 5.41) is 0. The van der Waals surface area contributed by atoms with Crippen molar-refractivity contribution in [1.82, 2.24) is 0 Å². The van der Waals surface area contributed by atoms with E-state index in [2.05, 4.69) is 0 Å². The van der Waals surface area contributed by atoms with Crippen molar-refractivity contribution in [2.24, 2.45) is 0 Å². The monoisotopic (exact) mass is 182 g/mol. The fourth-order valence-corrected chi connectivity index (χ4v) is 0.978. The number of nitrogens with two attached hydrogens (primary N) is 1. The lowest BCUT2D eigenvalue weighted by Gasteiger charge is -2.14. The van der Waals surface area contributed by atoms with Crippen molar-refractivity contribution in [1.29, 1.82) is 0 Å². The Bertz CT molecular complexity index is 272. The largest absolute Gasteiger partial charge is 0.495 e. The average Bonchev–Trinajstić information content (AvgIpc) is 2.05. The molecule has 74 valence electrons. The molecule has 1 aromatic carbocycles. The second-order valence-corrected chi connectivity index (χ2v) is 2.82. The number of hydrogen-bond acceptors (Lipinski definition) is 3. The number of ether oxygens (including phenoxy) is 1. The van der Waals surface area contributed by atoms with Gasteiger partial charge in [-0.05, 0) is 12.1 Å². The summed E-state index contributed by atoms with van der Waals surface area (Å²) in [6.45, 7) is 0. The van der Waals surface area contributed by atoms with Gasteiger partial charge in [-0.15, -0.1) is 0 Å². The second-order valence-electron chi connectivity index (χ2n) is 2.82. The second kappa shape index (κ2) is 4.60. The smallest absolute Gasteiger partial charge is 0.143 e. The van der Waals surface area contributed by atoms with Gasteiger partial charge in [0.1, 0.15) is 5.75 Å². The van der Waals surface area contributed by atoms with Crippen LogP contribution >= 0.6 is 0 Å². The minimum atomic E-state index is 0. The van der Waals surface area contributed by atoms with Crippen LogP contribution in [-0.2, 0) is 0 Å². The predicted molar refractivity (Wildman–Crippen MR) is 58.5 cm³/mol. The predicted octanol–water partition coefficient (Wildman–Crippen LogP) is 1.98. The number of methoxy groups -OCH3 is 1. The molecule has 0 spiro atoms. The van der Waals surface area contributed by atoms with Gasteiger partial charge in [-0.25, -0.2) is 0 Å². The highest BCUT2D eigenvalue weighted by molar-refractivity contribution is 5.61. The van der Waals surface area contributed by atoms with Gasteiger partial charge in [0.15, 0.2) is 0 Å². The van der Waals surface area contributed by atoms with Crippen molar-refractivity contribution in [3.05, 3.63) is 18.2 Å². The lowest BCUT2D eigenvalue weighted by molar-refractivity contribution is 0.417. The zero-order valence-corrected chi connectivity index (χ0v) is 7.66. The zero-order valence-electron chi connectivity index (χ0n) is 7.66. The minimum Gasteiger partial charge on any atom is -0.495 e. The van der Waals surface area contributed by atoms with Gasteiger partial charge in [0, 0.05) is 25.8 Å². The maximum atomic E-state index is 5.66. The summed E-state index contributed by atoms with van der Waals surface area (Å²) >= 11 is 0. The molecule has 0 aliphatic carbocycles. The van der Waals surface area contributed by atoms with E-state index in [-0.39, 0.29) is 7.43 Å². The van der Waals surface area contributed by atoms with Crippen LogP contribution in [0.2, 0.25) is 0 Å². The molecule has 0 radical (unpaired) electrons. The first-order valence-electron chi connectivity index (χ1n) is 3.76. The first kappa shape index (κ1) is 11.6. The number of rotatable bonds is 2. The Labute approximate surface area is 80.1 Å². The molecule has 1 rings (SSSR count). The molecule has 1 aromatic rings. The number of hydrogen-bond donors (Lipinski definition) is 1. The van der Waals surface area contributed by atoms with Gasteiger partial charge in [0.05, 0.1) is 12.8 Å². The van der Waals surface area contributed by atoms with Crippen LogP contribution in [-0.4, -0.2) is 21.2 Å². The van der Waals surface area contributed by atoms with Crippen molar-refractivity contribution in [2.75, 3.05) is 31.8 Å². The Morgan fingerprint density at radius 1 is 1.31 bits per heavy atom. The minimum absolute atomic E-state index is 0. The normalized spacial score (nSPS) is 8.85. The molecule has 3 heteroatoms. The quantitative estimate of drug-likeness (QED) is 0.711. The van der Waals surface area contributed by atoms with Crippen LogP contribution in [0.3, 0.4) is 0 Å². The Morgan fingerprint density at radius 2 is 1.92 bits per heavy atom. The number of benzene rings is 1. The summed E-state index contributed by atoms with van der Waals surface area (Å²) in [5.74, 6) is 0.723. The van der Waals surface area contributed by atoms with Gasteiger partial charge >= 0.3 is 0 Å². The van der Waals surface area contributed by atoms with Crippen molar-refractivity contribution in [3.8, 4) is 5.75 Å². The van der Waals surface area contributed by atoms with Crippen molar-refractivity contribution >= 4 is 11.4 Å². The Morgan fingerprint density at radius 3 is 2.38 bits per heavy atom. The third-order valence-electron chi connectivity index (χ3n) is 1.73. The molecule has 0 fully saturated rings. The summed E-state index contributed by atoms with van der Waals surface area (Å²) in [6, 6.07) is 5.71. The number of nitrogen functional groups attached to an aromatic ring is 1. The molecule has 0 unspecified atom stereocenters. The Hall–Kier alpha value is -1.38. The zero-order chi connectivity index (χ0) is 9.14. The van der Waals surface area contributed by atoms with Gasteiger partial charge in [-0.1, -0.05) is 7.43 Å². The van der Waals surface area contributed by atoms with E-state index in [1.165, 1.54) is 0 Å². The number of nitrogens with zero attached hydrogens (tertiary/aromatic N) is 1. The van der Waals surface area contributed by atoms with Gasteiger partial charge in [-0.3, -0.25) is 0 Å². The van der Waals surface area contributed by atoms with Crippen LogP contribution in [0.15, 0.2) is 18.2 Å². The maximum absolute atomic E-state index is 5.66. The summed E-state index contributed by atoms with van der Waals surface area (Å²) in [5.41, 5.74) is 7.41. The molecule has 13 heavy (non-hydrogen) atoms. The van der Waals surface area contributed by atoms with Gasteiger partial charge in [0.25, 0.3) is 0 Å². The summed E-state index contributed by atoms with van der Waals surface area (Å²) < 4.78 is 5.08. The van der Waals surface area contributed by atoms with Gasteiger partial charge in [-0.2, -0.15) is 0 Å². The molecule has 3 nitrogen and oxygen atoms in total.